The number of hydrogen-bond donors (Lipinski definition) is 2. The molecule has 3 nitrogen and oxygen atoms in total. The maximum Gasteiger partial charge on any atom is 0.127 e. The number of halogens is 2. The molecule has 0 aliphatic heterocycles. The van der Waals surface area contributed by atoms with Gasteiger partial charge in [-0.3, -0.25) is 11.3 Å². The normalized spacial score (nSPS) is 13.1. The smallest absolute Gasteiger partial charge is 0.127 e. The minimum atomic E-state index is -0.317. The van der Waals surface area contributed by atoms with E-state index >= 15 is 0 Å². The summed E-state index contributed by atoms with van der Waals surface area (Å²) in [7, 11) is 0. The molecule has 0 heterocycles. The number of ether oxygens (including phenoxy) is 1. The summed E-state index contributed by atoms with van der Waals surface area (Å²) in [4.78, 5) is 0. The van der Waals surface area contributed by atoms with Gasteiger partial charge in [-0.2, -0.15) is 0 Å². The minimum Gasteiger partial charge on any atom is -0.377 e. The molecule has 0 amide bonds. The fraction of sp³-hybridized carbons (Fsp3) is 0.500. The topological polar surface area (TPSA) is 47.3 Å². The van der Waals surface area contributed by atoms with E-state index in [9.17, 15) is 4.39 Å². The highest BCUT2D eigenvalue weighted by atomic mass is 35.5. The Morgan fingerprint density at radius 1 is 1.47 bits per heavy atom. The van der Waals surface area contributed by atoms with Crippen LogP contribution in [0.3, 0.4) is 0 Å². The molecule has 1 rings (SSSR count). The Labute approximate surface area is 106 Å². The van der Waals surface area contributed by atoms with E-state index in [-0.39, 0.29) is 18.0 Å². The lowest BCUT2D eigenvalue weighted by Gasteiger charge is -2.18. The largest absolute Gasteiger partial charge is 0.377 e. The van der Waals surface area contributed by atoms with E-state index in [0.29, 0.717) is 23.6 Å². The van der Waals surface area contributed by atoms with Gasteiger partial charge in [0.15, 0.2) is 0 Å². The summed E-state index contributed by atoms with van der Waals surface area (Å²) in [6.45, 7) is 4.28. The third kappa shape index (κ3) is 4.60. The van der Waals surface area contributed by atoms with Gasteiger partial charge in [-0.1, -0.05) is 17.7 Å². The van der Waals surface area contributed by atoms with Crippen LogP contribution in [0.2, 0.25) is 5.02 Å². The van der Waals surface area contributed by atoms with Crippen LogP contribution in [-0.4, -0.2) is 18.8 Å². The quantitative estimate of drug-likeness (QED) is 0.609. The van der Waals surface area contributed by atoms with Gasteiger partial charge in [-0.25, -0.2) is 4.39 Å². The second-order valence-corrected chi connectivity index (χ2v) is 4.56. The standard InChI is InChI=1S/C12H18ClFN2O/c1-8(2)17-7-9(16-15)6-10-11(13)4-3-5-12(10)14/h3-5,8-9,16H,6-7,15H2,1-2H3. The van der Waals surface area contributed by atoms with E-state index in [1.165, 1.54) is 6.07 Å². The Morgan fingerprint density at radius 3 is 2.71 bits per heavy atom. The number of nitrogens with one attached hydrogen (secondary N) is 1. The summed E-state index contributed by atoms with van der Waals surface area (Å²) in [5, 5.41) is 0.412. The van der Waals surface area contributed by atoms with Crippen LogP contribution in [0.25, 0.3) is 0 Å². The molecule has 0 saturated carbocycles. The highest BCUT2D eigenvalue weighted by Crippen LogP contribution is 2.20. The summed E-state index contributed by atoms with van der Waals surface area (Å²) in [6, 6.07) is 4.47. The van der Waals surface area contributed by atoms with Gasteiger partial charge in [0.1, 0.15) is 5.82 Å². The highest BCUT2D eigenvalue weighted by molar-refractivity contribution is 6.31. The number of hydrogen-bond acceptors (Lipinski definition) is 3. The summed E-state index contributed by atoms with van der Waals surface area (Å²) < 4.78 is 19.0. The SMILES string of the molecule is CC(C)OCC(Cc1c(F)cccc1Cl)NN. The lowest BCUT2D eigenvalue weighted by molar-refractivity contribution is 0.0612. The minimum absolute atomic E-state index is 0.113. The van der Waals surface area contributed by atoms with Gasteiger partial charge >= 0.3 is 0 Å². The zero-order chi connectivity index (χ0) is 12.8. The van der Waals surface area contributed by atoms with Crippen LogP contribution in [0.4, 0.5) is 4.39 Å². The predicted octanol–water partition coefficient (Wildman–Crippen LogP) is 2.28. The van der Waals surface area contributed by atoms with Crippen molar-refractivity contribution in [3.63, 3.8) is 0 Å². The molecule has 1 atom stereocenters. The van der Waals surface area contributed by atoms with E-state index in [1.54, 1.807) is 12.1 Å². The molecule has 0 saturated heterocycles. The van der Waals surface area contributed by atoms with Crippen LogP contribution in [0.5, 0.6) is 0 Å². The third-order valence-corrected chi connectivity index (χ3v) is 2.73. The van der Waals surface area contributed by atoms with Crippen molar-refractivity contribution in [1.29, 1.82) is 0 Å². The van der Waals surface area contributed by atoms with Crippen molar-refractivity contribution in [1.82, 2.24) is 5.43 Å². The van der Waals surface area contributed by atoms with E-state index < -0.39 is 0 Å². The van der Waals surface area contributed by atoms with Crippen molar-refractivity contribution in [3.05, 3.63) is 34.6 Å². The molecule has 0 fully saturated rings. The van der Waals surface area contributed by atoms with E-state index in [0.717, 1.165) is 0 Å². The second kappa shape index (κ2) is 6.91. The van der Waals surface area contributed by atoms with E-state index in [2.05, 4.69) is 5.43 Å². The molecule has 3 N–H and O–H groups in total. The summed E-state index contributed by atoms with van der Waals surface area (Å²) in [6.07, 6.45) is 0.510. The zero-order valence-electron chi connectivity index (χ0n) is 10.0. The van der Waals surface area contributed by atoms with Gasteiger partial charge in [0.25, 0.3) is 0 Å². The number of benzene rings is 1. The molecule has 96 valence electrons. The van der Waals surface area contributed by atoms with Crippen molar-refractivity contribution >= 4 is 11.6 Å². The number of hydrazine groups is 1. The van der Waals surface area contributed by atoms with Gasteiger partial charge in [-0.05, 0) is 32.4 Å². The molecule has 0 aromatic heterocycles. The molecule has 1 aromatic rings. The van der Waals surface area contributed by atoms with Crippen molar-refractivity contribution in [3.8, 4) is 0 Å². The molecule has 0 radical (unpaired) electrons. The lowest BCUT2D eigenvalue weighted by Crippen LogP contribution is -2.41. The summed E-state index contributed by atoms with van der Waals surface area (Å²) in [5.74, 6) is 5.09. The Kier molecular flexibility index (Phi) is 5.85. The molecule has 5 heteroatoms. The molecular formula is C12H18ClFN2O. The Balaban J connectivity index is 2.67. The first-order chi connectivity index (χ1) is 8.04. The second-order valence-electron chi connectivity index (χ2n) is 4.15. The first-order valence-electron chi connectivity index (χ1n) is 5.55. The van der Waals surface area contributed by atoms with Crippen molar-refractivity contribution in [2.75, 3.05) is 6.61 Å². The van der Waals surface area contributed by atoms with Crippen LogP contribution in [-0.2, 0) is 11.2 Å². The Bertz CT molecular complexity index is 340. The van der Waals surface area contributed by atoms with Gasteiger partial charge in [-0.15, -0.1) is 0 Å². The van der Waals surface area contributed by atoms with Crippen LogP contribution >= 0.6 is 11.6 Å². The van der Waals surface area contributed by atoms with Crippen molar-refractivity contribution in [2.24, 2.45) is 5.84 Å². The van der Waals surface area contributed by atoms with Crippen LogP contribution in [0.15, 0.2) is 18.2 Å². The fourth-order valence-electron chi connectivity index (χ4n) is 1.45. The third-order valence-electron chi connectivity index (χ3n) is 2.38. The van der Waals surface area contributed by atoms with E-state index in [4.69, 9.17) is 22.2 Å². The van der Waals surface area contributed by atoms with Crippen LogP contribution < -0.4 is 11.3 Å². The average Bonchev–Trinajstić information content (AvgIpc) is 2.27. The maximum absolute atomic E-state index is 13.6. The molecule has 17 heavy (non-hydrogen) atoms. The van der Waals surface area contributed by atoms with Gasteiger partial charge in [0.2, 0.25) is 0 Å². The van der Waals surface area contributed by atoms with Gasteiger partial charge in [0.05, 0.1) is 12.7 Å². The van der Waals surface area contributed by atoms with Crippen molar-refractivity contribution in [2.45, 2.75) is 32.4 Å². The average molecular weight is 261 g/mol. The Morgan fingerprint density at radius 2 is 2.18 bits per heavy atom. The summed E-state index contributed by atoms with van der Waals surface area (Å²) in [5.41, 5.74) is 3.07. The molecule has 0 aliphatic rings. The molecule has 1 aromatic carbocycles. The lowest BCUT2D eigenvalue weighted by atomic mass is 10.1. The number of rotatable bonds is 6. The van der Waals surface area contributed by atoms with Gasteiger partial charge < -0.3 is 4.74 Å². The molecular weight excluding hydrogens is 243 g/mol. The van der Waals surface area contributed by atoms with Crippen molar-refractivity contribution < 1.29 is 9.13 Å². The zero-order valence-corrected chi connectivity index (χ0v) is 10.8. The van der Waals surface area contributed by atoms with Gasteiger partial charge in [0, 0.05) is 16.6 Å². The summed E-state index contributed by atoms with van der Waals surface area (Å²) >= 11 is 5.94. The molecule has 0 spiro atoms. The number of nitrogens with two attached hydrogens (primary N) is 1. The Hall–Kier alpha value is -0.680. The first-order valence-corrected chi connectivity index (χ1v) is 5.93. The van der Waals surface area contributed by atoms with Crippen LogP contribution in [0.1, 0.15) is 19.4 Å². The molecule has 0 bridgehead atoms. The maximum atomic E-state index is 13.6. The van der Waals surface area contributed by atoms with Crippen LogP contribution in [0, 0.1) is 5.82 Å². The predicted molar refractivity (Wildman–Crippen MR) is 67.3 cm³/mol. The molecule has 0 aliphatic carbocycles. The monoisotopic (exact) mass is 260 g/mol. The highest BCUT2D eigenvalue weighted by Gasteiger charge is 2.14. The molecule has 1 unspecified atom stereocenters. The fourth-order valence-corrected chi connectivity index (χ4v) is 1.69. The first kappa shape index (κ1) is 14.4. The van der Waals surface area contributed by atoms with E-state index in [1.807, 2.05) is 13.8 Å².